The predicted molar refractivity (Wildman–Crippen MR) is 75.9 cm³/mol. The number of primary amides is 1. The van der Waals surface area contributed by atoms with Crippen molar-refractivity contribution >= 4 is 21.8 Å². The van der Waals surface area contributed by atoms with Gasteiger partial charge in [0.05, 0.1) is 5.92 Å². The lowest BCUT2D eigenvalue weighted by Crippen LogP contribution is -2.45. The van der Waals surface area contributed by atoms with Crippen LogP contribution in [0.4, 0.5) is 4.39 Å². The summed E-state index contributed by atoms with van der Waals surface area (Å²) in [5.41, 5.74) is 6.42. The minimum absolute atomic E-state index is 0.0737. The molecular weight excluding hydrogens is 311 g/mol. The molecule has 2 unspecified atom stereocenters. The molecule has 5 heteroatoms. The van der Waals surface area contributed by atoms with E-state index < -0.39 is 0 Å². The predicted octanol–water partition coefficient (Wildman–Crippen LogP) is 2.67. The molecular formula is C14H18BrFN2O. The number of rotatable bonds is 3. The van der Waals surface area contributed by atoms with Gasteiger partial charge in [0.1, 0.15) is 5.82 Å². The highest BCUT2D eigenvalue weighted by molar-refractivity contribution is 9.10. The molecule has 2 N–H and O–H groups in total. The van der Waals surface area contributed by atoms with Gasteiger partial charge < -0.3 is 5.73 Å². The van der Waals surface area contributed by atoms with Crippen LogP contribution in [0, 0.1) is 11.7 Å². The number of carbonyl (C=O) groups excluding carboxylic acids is 1. The Bertz CT molecular complexity index is 481. The van der Waals surface area contributed by atoms with Crippen LogP contribution in [0.3, 0.4) is 0 Å². The number of hydrogen-bond acceptors (Lipinski definition) is 2. The molecule has 1 aliphatic heterocycles. The van der Waals surface area contributed by atoms with Gasteiger partial charge in [0.15, 0.2) is 0 Å². The molecule has 1 amide bonds. The van der Waals surface area contributed by atoms with Crippen LogP contribution in [0.1, 0.15) is 25.3 Å². The molecule has 19 heavy (non-hydrogen) atoms. The van der Waals surface area contributed by atoms with Crippen LogP contribution in [0.25, 0.3) is 0 Å². The number of nitrogens with zero attached hydrogens (tertiary/aromatic N) is 1. The molecule has 0 saturated carbocycles. The summed E-state index contributed by atoms with van der Waals surface area (Å²) in [5.74, 6) is -0.553. The molecule has 0 radical (unpaired) electrons. The maximum Gasteiger partial charge on any atom is 0.221 e. The van der Waals surface area contributed by atoms with E-state index in [0.717, 1.165) is 22.9 Å². The summed E-state index contributed by atoms with van der Waals surface area (Å²) in [5, 5.41) is 0. The lowest BCUT2D eigenvalue weighted by atomic mass is 9.92. The molecule has 1 fully saturated rings. The minimum atomic E-state index is -0.252. The van der Waals surface area contributed by atoms with E-state index in [1.165, 1.54) is 12.1 Å². The molecule has 0 aromatic heterocycles. The van der Waals surface area contributed by atoms with Crippen molar-refractivity contribution in [2.75, 3.05) is 6.54 Å². The first-order valence-corrected chi connectivity index (χ1v) is 7.24. The monoisotopic (exact) mass is 328 g/mol. The lowest BCUT2D eigenvalue weighted by Gasteiger charge is -2.37. The number of amides is 1. The number of hydrogen-bond donors (Lipinski definition) is 1. The molecule has 1 saturated heterocycles. The molecule has 1 aromatic rings. The molecule has 0 spiro atoms. The van der Waals surface area contributed by atoms with Gasteiger partial charge in [-0.1, -0.05) is 22.0 Å². The Morgan fingerprint density at radius 2 is 2.26 bits per heavy atom. The fraction of sp³-hybridized carbons (Fsp3) is 0.500. The lowest BCUT2D eigenvalue weighted by molar-refractivity contribution is -0.124. The van der Waals surface area contributed by atoms with E-state index in [0.29, 0.717) is 19.1 Å². The molecule has 2 atom stereocenters. The van der Waals surface area contributed by atoms with E-state index in [9.17, 15) is 9.18 Å². The van der Waals surface area contributed by atoms with Crippen molar-refractivity contribution < 1.29 is 9.18 Å². The Labute approximate surface area is 121 Å². The normalized spacial score (nSPS) is 24.4. The second-order valence-corrected chi connectivity index (χ2v) is 6.05. The van der Waals surface area contributed by atoms with Crippen LogP contribution in [0.2, 0.25) is 0 Å². The van der Waals surface area contributed by atoms with Crippen molar-refractivity contribution in [3.8, 4) is 0 Å². The van der Waals surface area contributed by atoms with Crippen molar-refractivity contribution in [3.05, 3.63) is 34.1 Å². The fourth-order valence-electron chi connectivity index (χ4n) is 2.50. The number of halogens is 2. The first-order chi connectivity index (χ1) is 8.97. The molecule has 0 bridgehead atoms. The number of nitrogens with two attached hydrogens (primary N) is 1. The van der Waals surface area contributed by atoms with E-state index in [1.807, 2.05) is 0 Å². The summed E-state index contributed by atoms with van der Waals surface area (Å²) >= 11 is 3.38. The highest BCUT2D eigenvalue weighted by Crippen LogP contribution is 2.26. The second kappa shape index (κ2) is 6.01. The maximum absolute atomic E-state index is 13.1. The second-order valence-electron chi connectivity index (χ2n) is 5.19. The van der Waals surface area contributed by atoms with Gasteiger partial charge in [-0.3, -0.25) is 9.69 Å². The zero-order valence-electron chi connectivity index (χ0n) is 10.9. The van der Waals surface area contributed by atoms with Crippen molar-refractivity contribution in [2.24, 2.45) is 11.7 Å². The summed E-state index contributed by atoms with van der Waals surface area (Å²) in [4.78, 5) is 13.5. The Kier molecular flexibility index (Phi) is 4.58. The molecule has 0 aliphatic carbocycles. The Morgan fingerprint density at radius 1 is 1.53 bits per heavy atom. The number of carbonyl (C=O) groups is 1. The molecule has 1 aromatic carbocycles. The standard InChI is InChI=1S/C14H18BrFN2O/c1-9-2-3-11(14(17)19)8-18(9)7-10-4-5-12(16)6-13(10)15/h4-6,9,11H,2-3,7-8H2,1H3,(H2,17,19). The van der Waals surface area contributed by atoms with Crippen LogP contribution in [0.15, 0.2) is 22.7 Å². The maximum atomic E-state index is 13.1. The topological polar surface area (TPSA) is 46.3 Å². The summed E-state index contributed by atoms with van der Waals surface area (Å²) < 4.78 is 13.8. The van der Waals surface area contributed by atoms with Gasteiger partial charge in [-0.05, 0) is 37.5 Å². The van der Waals surface area contributed by atoms with Gasteiger partial charge in [0, 0.05) is 23.6 Å². The summed E-state index contributed by atoms with van der Waals surface area (Å²) in [6.07, 6.45) is 1.82. The highest BCUT2D eigenvalue weighted by atomic mass is 79.9. The van der Waals surface area contributed by atoms with Crippen LogP contribution in [-0.2, 0) is 11.3 Å². The van der Waals surface area contributed by atoms with Crippen LogP contribution in [-0.4, -0.2) is 23.4 Å². The van der Waals surface area contributed by atoms with Crippen LogP contribution in [0.5, 0.6) is 0 Å². The van der Waals surface area contributed by atoms with Gasteiger partial charge in [-0.2, -0.15) is 0 Å². The van der Waals surface area contributed by atoms with E-state index in [2.05, 4.69) is 27.8 Å². The van der Waals surface area contributed by atoms with E-state index in [4.69, 9.17) is 5.73 Å². The zero-order chi connectivity index (χ0) is 14.0. The van der Waals surface area contributed by atoms with Crippen molar-refractivity contribution in [3.63, 3.8) is 0 Å². The average molecular weight is 329 g/mol. The number of likely N-dealkylation sites (tertiary alicyclic amines) is 1. The highest BCUT2D eigenvalue weighted by Gasteiger charge is 2.28. The Balaban J connectivity index is 2.09. The summed E-state index contributed by atoms with van der Waals surface area (Å²) in [7, 11) is 0. The largest absolute Gasteiger partial charge is 0.369 e. The fourth-order valence-corrected chi connectivity index (χ4v) is 2.98. The van der Waals surface area contributed by atoms with Crippen LogP contribution < -0.4 is 5.73 Å². The summed E-state index contributed by atoms with van der Waals surface area (Å²) in [6, 6.07) is 5.11. The third kappa shape index (κ3) is 3.54. The molecule has 104 valence electrons. The number of benzene rings is 1. The van der Waals surface area contributed by atoms with Crippen molar-refractivity contribution in [2.45, 2.75) is 32.4 Å². The third-order valence-corrected chi connectivity index (χ3v) is 4.54. The van der Waals surface area contributed by atoms with Gasteiger partial charge in [-0.25, -0.2) is 4.39 Å². The quantitative estimate of drug-likeness (QED) is 0.927. The van der Waals surface area contributed by atoms with E-state index in [1.54, 1.807) is 6.07 Å². The zero-order valence-corrected chi connectivity index (χ0v) is 12.5. The van der Waals surface area contributed by atoms with Gasteiger partial charge in [-0.15, -0.1) is 0 Å². The first kappa shape index (κ1) is 14.5. The van der Waals surface area contributed by atoms with E-state index in [-0.39, 0.29) is 17.6 Å². The minimum Gasteiger partial charge on any atom is -0.369 e. The summed E-state index contributed by atoms with van der Waals surface area (Å²) in [6.45, 7) is 3.53. The molecule has 2 rings (SSSR count). The van der Waals surface area contributed by atoms with Crippen molar-refractivity contribution in [1.29, 1.82) is 0 Å². The molecule has 1 aliphatic rings. The van der Waals surface area contributed by atoms with Crippen LogP contribution >= 0.6 is 15.9 Å². The van der Waals surface area contributed by atoms with Gasteiger partial charge in [0.2, 0.25) is 5.91 Å². The third-order valence-electron chi connectivity index (χ3n) is 3.80. The average Bonchev–Trinajstić information content (AvgIpc) is 2.34. The SMILES string of the molecule is CC1CCC(C(N)=O)CN1Cc1ccc(F)cc1Br. The Hall–Kier alpha value is -0.940. The molecule has 3 nitrogen and oxygen atoms in total. The number of piperidine rings is 1. The smallest absolute Gasteiger partial charge is 0.221 e. The van der Waals surface area contributed by atoms with Gasteiger partial charge >= 0.3 is 0 Å². The van der Waals surface area contributed by atoms with E-state index >= 15 is 0 Å². The van der Waals surface area contributed by atoms with Gasteiger partial charge in [0.25, 0.3) is 0 Å². The molecule has 1 heterocycles. The van der Waals surface area contributed by atoms with Crippen molar-refractivity contribution in [1.82, 2.24) is 4.90 Å². The first-order valence-electron chi connectivity index (χ1n) is 6.44. The Morgan fingerprint density at radius 3 is 2.89 bits per heavy atom.